The Bertz CT molecular complexity index is 411. The average molecular weight is 413 g/mol. The minimum absolute atomic E-state index is 0.0935. The largest absolute Gasteiger partial charge is 0.394 e. The van der Waals surface area contributed by atoms with E-state index in [1.807, 2.05) is 0 Å². The van der Waals surface area contributed by atoms with Gasteiger partial charge in [-0.05, 0) is 13.3 Å². The van der Waals surface area contributed by atoms with Crippen molar-refractivity contribution in [1.29, 1.82) is 0 Å². The fourth-order valence-corrected chi connectivity index (χ4v) is 2.37. The minimum atomic E-state index is -1.65. The first-order valence-corrected chi connectivity index (χ1v) is 9.29. The van der Waals surface area contributed by atoms with Gasteiger partial charge in [-0.1, -0.05) is 19.8 Å². The number of aliphatic hydroxyl groups excluding tert-OH is 7. The smallest absolute Gasteiger partial charge is 0.175 e. The van der Waals surface area contributed by atoms with Crippen LogP contribution < -0.4 is 5.73 Å². The van der Waals surface area contributed by atoms with Crippen LogP contribution in [0.4, 0.5) is 0 Å². The molecule has 0 radical (unpaired) electrons. The van der Waals surface area contributed by atoms with E-state index in [-0.39, 0.29) is 12.9 Å². The fraction of sp³-hybridized carbons (Fsp3) is 0.941. The second-order valence-electron chi connectivity index (χ2n) is 6.71. The van der Waals surface area contributed by atoms with Crippen LogP contribution in [-0.2, 0) is 14.3 Å². The predicted octanol–water partition coefficient (Wildman–Crippen LogP) is -3.39. The van der Waals surface area contributed by atoms with E-state index in [0.29, 0.717) is 6.61 Å². The Morgan fingerprint density at radius 1 is 1.11 bits per heavy atom. The summed E-state index contributed by atoms with van der Waals surface area (Å²) in [5.41, 5.74) is 5.70. The van der Waals surface area contributed by atoms with Crippen LogP contribution in [0.2, 0.25) is 0 Å². The molecular formula is C17H35NO10. The van der Waals surface area contributed by atoms with Crippen molar-refractivity contribution in [2.75, 3.05) is 13.2 Å². The van der Waals surface area contributed by atoms with Crippen molar-refractivity contribution in [2.45, 2.75) is 88.2 Å². The maximum atomic E-state index is 9.87. The van der Waals surface area contributed by atoms with Crippen LogP contribution in [0.25, 0.3) is 0 Å². The second kappa shape index (κ2) is 14.3. The lowest BCUT2D eigenvalue weighted by Gasteiger charge is -2.40. The van der Waals surface area contributed by atoms with E-state index in [0.717, 1.165) is 19.3 Å². The Hall–Kier alpha value is -0.730. The first-order chi connectivity index (χ1) is 13.1. The van der Waals surface area contributed by atoms with Crippen molar-refractivity contribution in [3.05, 3.63) is 0 Å². The molecule has 0 saturated carbocycles. The van der Waals surface area contributed by atoms with Gasteiger partial charge in [0.05, 0.1) is 18.8 Å². The molecule has 11 nitrogen and oxygen atoms in total. The number of rotatable bonds is 10. The zero-order valence-electron chi connectivity index (χ0n) is 16.2. The molecule has 0 aromatic heterocycles. The summed E-state index contributed by atoms with van der Waals surface area (Å²) in [4.78, 5) is 9.87. The van der Waals surface area contributed by atoms with Gasteiger partial charge in [0.15, 0.2) is 12.6 Å². The molecule has 0 amide bonds. The van der Waals surface area contributed by atoms with Crippen molar-refractivity contribution in [3.63, 3.8) is 0 Å². The first-order valence-electron chi connectivity index (χ1n) is 9.29. The number of hydrogen-bond acceptors (Lipinski definition) is 11. The third kappa shape index (κ3) is 8.74. The summed E-state index contributed by atoms with van der Waals surface area (Å²) >= 11 is 0. The average Bonchev–Trinajstić information content (AvgIpc) is 2.69. The Balaban J connectivity index is 0.000000576. The highest BCUT2D eigenvalue weighted by Gasteiger charge is 2.42. The van der Waals surface area contributed by atoms with Gasteiger partial charge in [0.1, 0.15) is 36.6 Å². The number of aldehydes is 1. The van der Waals surface area contributed by atoms with E-state index in [9.17, 15) is 15.0 Å². The predicted molar refractivity (Wildman–Crippen MR) is 97.0 cm³/mol. The molecular weight excluding hydrogens is 378 g/mol. The van der Waals surface area contributed by atoms with Crippen LogP contribution in [0.1, 0.15) is 33.1 Å². The van der Waals surface area contributed by atoms with Crippen molar-refractivity contribution in [1.82, 2.24) is 0 Å². The summed E-state index contributed by atoms with van der Waals surface area (Å²) in [5, 5.41) is 63.3. The van der Waals surface area contributed by atoms with E-state index in [2.05, 4.69) is 6.92 Å². The molecule has 1 rings (SSSR count). The first kappa shape index (κ1) is 27.3. The summed E-state index contributed by atoms with van der Waals surface area (Å²) in [6.07, 6.45) is -6.78. The van der Waals surface area contributed by atoms with Crippen LogP contribution in [0.15, 0.2) is 0 Å². The molecule has 0 aliphatic carbocycles. The molecule has 1 aliphatic heterocycles. The van der Waals surface area contributed by atoms with Crippen LogP contribution in [-0.4, -0.2) is 110 Å². The lowest BCUT2D eigenvalue weighted by molar-refractivity contribution is -0.265. The van der Waals surface area contributed by atoms with Crippen LogP contribution in [0.5, 0.6) is 0 Å². The van der Waals surface area contributed by atoms with Gasteiger partial charge in [-0.15, -0.1) is 0 Å². The molecule has 0 spiro atoms. The van der Waals surface area contributed by atoms with Gasteiger partial charge < -0.3 is 55.7 Å². The van der Waals surface area contributed by atoms with Crippen molar-refractivity contribution in [2.24, 2.45) is 5.73 Å². The number of carbonyl (C=O) groups excluding carboxylic acids is 1. The number of unbranched alkanes of at least 4 members (excludes halogenated alkanes) is 2. The zero-order chi connectivity index (χ0) is 21.9. The quantitative estimate of drug-likeness (QED) is 0.131. The number of nitrogens with two attached hydrogens (primary N) is 1. The van der Waals surface area contributed by atoms with Crippen LogP contribution in [0, 0.1) is 0 Å². The summed E-state index contributed by atoms with van der Waals surface area (Å²) in [6, 6.07) is -0.797. The molecule has 1 aliphatic rings. The highest BCUT2D eigenvalue weighted by atomic mass is 16.7. The summed E-state index contributed by atoms with van der Waals surface area (Å²) in [6.45, 7) is 3.45. The van der Waals surface area contributed by atoms with Gasteiger partial charge in [0, 0.05) is 6.61 Å². The molecule has 1 heterocycles. The monoisotopic (exact) mass is 413 g/mol. The molecule has 5 unspecified atom stereocenters. The Morgan fingerprint density at radius 3 is 2.18 bits per heavy atom. The Kier molecular flexibility index (Phi) is 13.9. The topological polar surface area (TPSA) is 203 Å². The Labute approximate surface area is 164 Å². The number of ether oxygens (including phenoxy) is 2. The summed E-state index contributed by atoms with van der Waals surface area (Å²) in [7, 11) is 0. The van der Waals surface area contributed by atoms with Gasteiger partial charge >= 0.3 is 0 Å². The molecule has 0 aromatic carbocycles. The molecule has 9 atom stereocenters. The zero-order valence-corrected chi connectivity index (χ0v) is 16.2. The van der Waals surface area contributed by atoms with Crippen LogP contribution >= 0.6 is 0 Å². The van der Waals surface area contributed by atoms with Gasteiger partial charge in [0.2, 0.25) is 0 Å². The SMILES string of the molecule is CC(O)C(O)C(O)C(O)C=O.CCCCCOC1O[C@H](CO)[C@@H](O)[C@H](O)[C@@H]1N. The number of aliphatic hydroxyl groups is 7. The molecule has 1 fully saturated rings. The van der Waals surface area contributed by atoms with Gasteiger partial charge in [-0.2, -0.15) is 0 Å². The Morgan fingerprint density at radius 2 is 1.71 bits per heavy atom. The summed E-state index contributed by atoms with van der Waals surface area (Å²) < 4.78 is 10.7. The normalized spacial score (nSPS) is 31.9. The molecule has 168 valence electrons. The maximum absolute atomic E-state index is 9.87. The number of carbonyl (C=O) groups is 1. The van der Waals surface area contributed by atoms with E-state index in [1.54, 1.807) is 0 Å². The van der Waals surface area contributed by atoms with E-state index < -0.39 is 55.1 Å². The van der Waals surface area contributed by atoms with Crippen molar-refractivity contribution < 1.29 is 50.0 Å². The molecule has 11 heteroatoms. The van der Waals surface area contributed by atoms with E-state index in [4.69, 9.17) is 40.7 Å². The third-order valence-corrected chi connectivity index (χ3v) is 4.29. The minimum Gasteiger partial charge on any atom is -0.394 e. The van der Waals surface area contributed by atoms with Crippen LogP contribution in [0.3, 0.4) is 0 Å². The number of hydrogen-bond donors (Lipinski definition) is 8. The van der Waals surface area contributed by atoms with E-state index in [1.165, 1.54) is 6.92 Å². The highest BCUT2D eigenvalue weighted by molar-refractivity contribution is 5.56. The van der Waals surface area contributed by atoms with Crippen molar-refractivity contribution >= 4 is 6.29 Å². The van der Waals surface area contributed by atoms with Gasteiger partial charge in [-0.25, -0.2) is 0 Å². The lowest BCUT2D eigenvalue weighted by atomic mass is 9.98. The van der Waals surface area contributed by atoms with Gasteiger partial charge in [-0.3, -0.25) is 0 Å². The second-order valence-corrected chi connectivity index (χ2v) is 6.71. The lowest BCUT2D eigenvalue weighted by Crippen LogP contribution is -2.62. The highest BCUT2D eigenvalue weighted by Crippen LogP contribution is 2.20. The fourth-order valence-electron chi connectivity index (χ4n) is 2.37. The maximum Gasteiger partial charge on any atom is 0.175 e. The molecule has 28 heavy (non-hydrogen) atoms. The van der Waals surface area contributed by atoms with Gasteiger partial charge in [0.25, 0.3) is 0 Å². The molecule has 1 saturated heterocycles. The van der Waals surface area contributed by atoms with Crippen molar-refractivity contribution in [3.8, 4) is 0 Å². The summed E-state index contributed by atoms with van der Waals surface area (Å²) in [5.74, 6) is 0. The third-order valence-electron chi connectivity index (χ3n) is 4.29. The molecule has 0 bridgehead atoms. The molecule has 9 N–H and O–H groups in total. The van der Waals surface area contributed by atoms with E-state index >= 15 is 0 Å². The molecule has 0 aromatic rings. The standard InChI is InChI=1S/C11H23NO5.C6H12O5/c1-2-3-4-5-16-11-8(12)10(15)9(14)7(6-13)17-11;1-3(8)5(10)6(11)4(9)2-7/h7-11,13-15H,2-6,12H2,1H3;2-6,8-11H,1H3/t7-,8+,9-,10-,11?;/m1./s1.